The lowest BCUT2D eigenvalue weighted by Crippen LogP contribution is -2.29. The van der Waals surface area contributed by atoms with Gasteiger partial charge in [0.05, 0.1) is 18.6 Å². The van der Waals surface area contributed by atoms with Crippen molar-refractivity contribution in [1.82, 2.24) is 15.3 Å². The van der Waals surface area contributed by atoms with Crippen molar-refractivity contribution in [1.29, 1.82) is 0 Å². The molecule has 0 spiro atoms. The van der Waals surface area contributed by atoms with Gasteiger partial charge in [0.25, 0.3) is 5.91 Å². The number of nitrogens with zero attached hydrogens (tertiary/aromatic N) is 1. The fourth-order valence-corrected chi connectivity index (χ4v) is 2.84. The van der Waals surface area contributed by atoms with Crippen molar-refractivity contribution in [2.45, 2.75) is 25.3 Å². The Morgan fingerprint density at radius 1 is 1.48 bits per heavy atom. The van der Waals surface area contributed by atoms with Crippen LogP contribution in [-0.2, 0) is 0 Å². The smallest absolute Gasteiger partial charge is 0.269 e. The molecule has 1 unspecified atom stereocenters. The number of imidazole rings is 1. The zero-order valence-corrected chi connectivity index (χ0v) is 12.9. The number of aromatic amines is 1. The van der Waals surface area contributed by atoms with Gasteiger partial charge in [-0.05, 0) is 36.1 Å². The van der Waals surface area contributed by atoms with E-state index in [1.807, 2.05) is 6.07 Å². The minimum Gasteiger partial charge on any atom is -0.344 e. The molecule has 1 heterocycles. The molecule has 0 saturated heterocycles. The van der Waals surface area contributed by atoms with E-state index < -0.39 is 0 Å². The maximum absolute atomic E-state index is 13.6. The number of nitrogens with one attached hydrogen (secondary N) is 2. The first-order valence-corrected chi connectivity index (χ1v) is 7.66. The molecular weight excluding hydrogens is 337 g/mol. The van der Waals surface area contributed by atoms with Gasteiger partial charge in [0, 0.05) is 4.47 Å². The average molecular weight is 352 g/mol. The molecule has 1 atom stereocenters. The van der Waals surface area contributed by atoms with E-state index >= 15 is 0 Å². The van der Waals surface area contributed by atoms with Crippen molar-refractivity contribution < 1.29 is 9.18 Å². The highest BCUT2D eigenvalue weighted by Gasteiger charge is 2.28. The lowest BCUT2D eigenvalue weighted by molar-refractivity contribution is 0.0929. The Morgan fingerprint density at radius 3 is 2.90 bits per heavy atom. The SMILES string of the molecule is O=C(NC(CC1CC1)c1cc(F)cc(Br)c1)c1cnc[nH]1. The number of H-pyrrole nitrogens is 1. The molecule has 21 heavy (non-hydrogen) atoms. The van der Waals surface area contributed by atoms with Gasteiger partial charge in [-0.25, -0.2) is 9.37 Å². The Bertz CT molecular complexity index is 620. The first-order chi connectivity index (χ1) is 10.1. The fourth-order valence-electron chi connectivity index (χ4n) is 2.36. The monoisotopic (exact) mass is 351 g/mol. The Hall–Kier alpha value is -1.69. The van der Waals surface area contributed by atoms with Crippen LogP contribution in [-0.4, -0.2) is 15.9 Å². The summed E-state index contributed by atoms with van der Waals surface area (Å²) in [6.07, 6.45) is 6.12. The molecule has 1 aliphatic rings. The van der Waals surface area contributed by atoms with Gasteiger partial charge in [0.2, 0.25) is 0 Å². The van der Waals surface area contributed by atoms with Crippen LogP contribution in [0, 0.1) is 11.7 Å². The van der Waals surface area contributed by atoms with E-state index in [4.69, 9.17) is 0 Å². The van der Waals surface area contributed by atoms with Crippen molar-refractivity contribution in [3.63, 3.8) is 0 Å². The van der Waals surface area contributed by atoms with Crippen molar-refractivity contribution in [3.05, 3.63) is 52.3 Å². The summed E-state index contributed by atoms with van der Waals surface area (Å²) in [7, 11) is 0. The Kier molecular flexibility index (Phi) is 4.05. The zero-order valence-electron chi connectivity index (χ0n) is 11.3. The van der Waals surface area contributed by atoms with Gasteiger partial charge in [0.1, 0.15) is 11.5 Å². The predicted octanol–water partition coefficient (Wildman–Crippen LogP) is 3.58. The summed E-state index contributed by atoms with van der Waals surface area (Å²) < 4.78 is 14.3. The van der Waals surface area contributed by atoms with Gasteiger partial charge < -0.3 is 10.3 Å². The van der Waals surface area contributed by atoms with Crippen molar-refractivity contribution in [2.75, 3.05) is 0 Å². The summed E-state index contributed by atoms with van der Waals surface area (Å²) >= 11 is 3.30. The molecule has 1 aliphatic carbocycles. The lowest BCUT2D eigenvalue weighted by atomic mass is 10.0. The minimum absolute atomic E-state index is 0.194. The summed E-state index contributed by atoms with van der Waals surface area (Å²) in [4.78, 5) is 18.8. The summed E-state index contributed by atoms with van der Waals surface area (Å²) in [5.41, 5.74) is 1.19. The van der Waals surface area contributed by atoms with E-state index in [0.29, 0.717) is 16.1 Å². The molecule has 0 bridgehead atoms. The number of aromatic nitrogens is 2. The Balaban J connectivity index is 1.81. The van der Waals surface area contributed by atoms with Crippen LogP contribution in [0.1, 0.15) is 41.4 Å². The van der Waals surface area contributed by atoms with Gasteiger partial charge in [0.15, 0.2) is 0 Å². The summed E-state index contributed by atoms with van der Waals surface area (Å²) in [5, 5.41) is 2.96. The zero-order chi connectivity index (χ0) is 14.8. The number of carbonyl (C=O) groups is 1. The van der Waals surface area contributed by atoms with Crippen molar-refractivity contribution in [3.8, 4) is 0 Å². The standard InChI is InChI=1S/C15H15BrFN3O/c16-11-4-10(5-12(17)6-11)13(3-9-1-2-9)20-15(21)14-7-18-8-19-14/h4-9,13H,1-3H2,(H,18,19)(H,20,21). The van der Waals surface area contributed by atoms with Crippen LogP contribution in [0.5, 0.6) is 0 Å². The van der Waals surface area contributed by atoms with E-state index in [0.717, 1.165) is 12.0 Å². The Morgan fingerprint density at radius 2 is 2.29 bits per heavy atom. The number of hydrogen-bond acceptors (Lipinski definition) is 2. The van der Waals surface area contributed by atoms with Crippen LogP contribution >= 0.6 is 15.9 Å². The molecule has 1 saturated carbocycles. The van der Waals surface area contributed by atoms with Crippen LogP contribution in [0.25, 0.3) is 0 Å². The molecular formula is C15H15BrFN3O. The number of rotatable bonds is 5. The van der Waals surface area contributed by atoms with Crippen LogP contribution in [0.3, 0.4) is 0 Å². The highest BCUT2D eigenvalue weighted by Crippen LogP contribution is 2.38. The average Bonchev–Trinajstić information content (AvgIpc) is 3.07. The summed E-state index contributed by atoms with van der Waals surface area (Å²) in [6.45, 7) is 0. The molecule has 2 N–H and O–H groups in total. The normalized spacial score (nSPS) is 15.7. The van der Waals surface area contributed by atoms with Gasteiger partial charge in [-0.15, -0.1) is 0 Å². The molecule has 3 rings (SSSR count). The second-order valence-corrected chi connectivity index (χ2v) is 6.29. The van der Waals surface area contributed by atoms with Crippen LogP contribution in [0.15, 0.2) is 35.2 Å². The Labute approximate surface area is 130 Å². The van der Waals surface area contributed by atoms with E-state index in [1.165, 1.54) is 37.5 Å². The molecule has 6 heteroatoms. The van der Waals surface area contributed by atoms with Crippen LogP contribution in [0.4, 0.5) is 4.39 Å². The fraction of sp³-hybridized carbons (Fsp3) is 0.333. The second-order valence-electron chi connectivity index (χ2n) is 5.37. The third-order valence-corrected chi connectivity index (χ3v) is 4.06. The highest BCUT2D eigenvalue weighted by atomic mass is 79.9. The van der Waals surface area contributed by atoms with Gasteiger partial charge in [-0.2, -0.15) is 0 Å². The van der Waals surface area contributed by atoms with Gasteiger partial charge in [-0.1, -0.05) is 28.8 Å². The number of hydrogen-bond donors (Lipinski definition) is 2. The topological polar surface area (TPSA) is 57.8 Å². The third-order valence-electron chi connectivity index (χ3n) is 3.60. The first-order valence-electron chi connectivity index (χ1n) is 6.87. The third kappa shape index (κ3) is 3.69. The quantitative estimate of drug-likeness (QED) is 0.864. The maximum Gasteiger partial charge on any atom is 0.269 e. The summed E-state index contributed by atoms with van der Waals surface area (Å²) in [5.74, 6) is 0.0774. The predicted molar refractivity (Wildman–Crippen MR) is 80.2 cm³/mol. The maximum atomic E-state index is 13.6. The highest BCUT2D eigenvalue weighted by molar-refractivity contribution is 9.10. The number of halogens is 2. The van der Waals surface area contributed by atoms with Crippen LogP contribution in [0.2, 0.25) is 0 Å². The van der Waals surface area contributed by atoms with Crippen molar-refractivity contribution >= 4 is 21.8 Å². The minimum atomic E-state index is -0.309. The molecule has 1 fully saturated rings. The molecule has 0 aliphatic heterocycles. The largest absolute Gasteiger partial charge is 0.344 e. The molecule has 110 valence electrons. The van der Waals surface area contributed by atoms with Gasteiger partial charge in [-0.3, -0.25) is 4.79 Å². The molecule has 0 radical (unpaired) electrons. The molecule has 4 nitrogen and oxygen atoms in total. The van der Waals surface area contributed by atoms with E-state index in [9.17, 15) is 9.18 Å². The summed E-state index contributed by atoms with van der Waals surface area (Å²) in [6, 6.07) is 4.54. The van der Waals surface area contributed by atoms with Gasteiger partial charge >= 0.3 is 0 Å². The first kappa shape index (κ1) is 14.3. The van der Waals surface area contributed by atoms with E-state index in [-0.39, 0.29) is 17.8 Å². The number of benzene rings is 1. The van der Waals surface area contributed by atoms with Crippen LogP contribution < -0.4 is 5.32 Å². The lowest BCUT2D eigenvalue weighted by Gasteiger charge is -2.19. The van der Waals surface area contributed by atoms with E-state index in [2.05, 4.69) is 31.2 Å². The molecule has 1 aromatic heterocycles. The second kappa shape index (κ2) is 5.97. The number of amides is 1. The molecule has 1 amide bonds. The van der Waals surface area contributed by atoms with E-state index in [1.54, 1.807) is 0 Å². The molecule has 2 aromatic rings. The van der Waals surface area contributed by atoms with Crippen molar-refractivity contribution in [2.24, 2.45) is 5.92 Å². The molecule has 1 aromatic carbocycles. The number of carbonyl (C=O) groups excluding carboxylic acids is 1.